The Bertz CT molecular complexity index is 189. The lowest BCUT2D eigenvalue weighted by Gasteiger charge is -2.13. The van der Waals surface area contributed by atoms with Gasteiger partial charge in [-0.25, -0.2) is 0 Å². The number of ketones is 1. The van der Waals surface area contributed by atoms with Crippen molar-refractivity contribution in [1.29, 1.82) is 0 Å². The molecule has 2 nitrogen and oxygen atoms in total. The van der Waals surface area contributed by atoms with E-state index in [1.807, 2.05) is 6.92 Å². The number of Topliss-reactive ketones (excluding diaryl/α,β-unsaturated/α-hetero) is 1. The van der Waals surface area contributed by atoms with Crippen LogP contribution in [0.15, 0.2) is 0 Å². The van der Waals surface area contributed by atoms with Gasteiger partial charge in [0, 0.05) is 12.3 Å². The van der Waals surface area contributed by atoms with Gasteiger partial charge in [0.05, 0.1) is 6.10 Å². The van der Waals surface area contributed by atoms with Crippen molar-refractivity contribution in [2.24, 2.45) is 5.92 Å². The molecule has 0 fully saturated rings. The maximum Gasteiger partial charge on any atom is 0.138 e. The van der Waals surface area contributed by atoms with Crippen molar-refractivity contribution >= 4 is 5.78 Å². The standard InChI is InChI=1S/C15H30O2/c1-4-6-7-8-9-11-14(16)12-15(17)13(3)10-5-2/h13-14,16H,4-12H2,1-3H3/t13?,14-/m1/s1. The molecule has 0 bridgehead atoms. The molecular formula is C15H30O2. The first-order valence-corrected chi connectivity index (χ1v) is 7.32. The van der Waals surface area contributed by atoms with Gasteiger partial charge in [0.2, 0.25) is 0 Å². The summed E-state index contributed by atoms with van der Waals surface area (Å²) in [6, 6.07) is 0. The van der Waals surface area contributed by atoms with Crippen molar-refractivity contribution in [2.45, 2.75) is 84.7 Å². The number of unbranched alkanes of at least 4 members (excludes halogenated alkanes) is 4. The Morgan fingerprint density at radius 1 is 1.00 bits per heavy atom. The number of rotatable bonds is 11. The monoisotopic (exact) mass is 242 g/mol. The van der Waals surface area contributed by atoms with E-state index in [0.717, 1.165) is 25.7 Å². The van der Waals surface area contributed by atoms with Crippen LogP contribution in [0.2, 0.25) is 0 Å². The molecule has 0 aliphatic heterocycles. The minimum absolute atomic E-state index is 0.120. The van der Waals surface area contributed by atoms with E-state index >= 15 is 0 Å². The summed E-state index contributed by atoms with van der Waals surface area (Å²) in [7, 11) is 0. The number of carbonyl (C=O) groups excluding carboxylic acids is 1. The normalized spacial score (nSPS) is 14.6. The molecule has 0 aromatic carbocycles. The van der Waals surface area contributed by atoms with E-state index in [9.17, 15) is 9.90 Å². The van der Waals surface area contributed by atoms with Gasteiger partial charge >= 0.3 is 0 Å². The van der Waals surface area contributed by atoms with E-state index in [-0.39, 0.29) is 11.7 Å². The Labute approximate surface area is 107 Å². The van der Waals surface area contributed by atoms with Crippen LogP contribution in [0, 0.1) is 5.92 Å². The predicted molar refractivity (Wildman–Crippen MR) is 73.1 cm³/mol. The van der Waals surface area contributed by atoms with Gasteiger partial charge < -0.3 is 5.11 Å². The number of carbonyl (C=O) groups is 1. The zero-order valence-corrected chi connectivity index (χ0v) is 11.9. The summed E-state index contributed by atoms with van der Waals surface area (Å²) in [6.07, 6.45) is 8.73. The van der Waals surface area contributed by atoms with Gasteiger partial charge in [0.1, 0.15) is 5.78 Å². The van der Waals surface area contributed by atoms with Gasteiger partial charge in [0.15, 0.2) is 0 Å². The van der Waals surface area contributed by atoms with Gasteiger partial charge in [-0.15, -0.1) is 0 Å². The second-order valence-electron chi connectivity index (χ2n) is 5.22. The molecule has 0 heterocycles. The Kier molecular flexibility index (Phi) is 10.5. The summed E-state index contributed by atoms with van der Waals surface area (Å²) in [5.41, 5.74) is 0. The van der Waals surface area contributed by atoms with Crippen molar-refractivity contribution in [3.05, 3.63) is 0 Å². The summed E-state index contributed by atoms with van der Waals surface area (Å²) in [5, 5.41) is 9.77. The van der Waals surface area contributed by atoms with Crippen LogP contribution in [0.4, 0.5) is 0 Å². The van der Waals surface area contributed by atoms with Crippen LogP contribution >= 0.6 is 0 Å². The lowest BCUT2D eigenvalue weighted by molar-refractivity contribution is -0.124. The van der Waals surface area contributed by atoms with Gasteiger partial charge in [-0.3, -0.25) is 4.79 Å². The van der Waals surface area contributed by atoms with Crippen LogP contribution in [0.3, 0.4) is 0 Å². The fourth-order valence-electron chi connectivity index (χ4n) is 2.11. The first-order valence-electron chi connectivity index (χ1n) is 7.32. The predicted octanol–water partition coefficient (Wildman–Crippen LogP) is 4.10. The highest BCUT2D eigenvalue weighted by Crippen LogP contribution is 2.14. The molecule has 0 amide bonds. The van der Waals surface area contributed by atoms with Crippen LogP contribution in [-0.4, -0.2) is 17.0 Å². The summed E-state index contributed by atoms with van der Waals surface area (Å²) in [5.74, 6) is 0.350. The minimum Gasteiger partial charge on any atom is -0.393 e. The largest absolute Gasteiger partial charge is 0.393 e. The molecule has 2 heteroatoms. The Morgan fingerprint density at radius 2 is 1.65 bits per heavy atom. The van der Waals surface area contributed by atoms with E-state index in [2.05, 4.69) is 13.8 Å². The molecule has 102 valence electrons. The lowest BCUT2D eigenvalue weighted by atomic mass is 9.95. The quantitative estimate of drug-likeness (QED) is 0.554. The lowest BCUT2D eigenvalue weighted by Crippen LogP contribution is -2.19. The Morgan fingerprint density at radius 3 is 2.24 bits per heavy atom. The van der Waals surface area contributed by atoms with Crippen molar-refractivity contribution in [3.8, 4) is 0 Å². The summed E-state index contributed by atoms with van der Waals surface area (Å²) in [6.45, 7) is 6.26. The van der Waals surface area contributed by atoms with Gasteiger partial charge in [-0.05, 0) is 12.8 Å². The molecule has 1 N–H and O–H groups in total. The molecule has 2 atom stereocenters. The summed E-state index contributed by atoms with van der Waals surface area (Å²) < 4.78 is 0. The zero-order chi connectivity index (χ0) is 13.1. The number of aliphatic hydroxyl groups excluding tert-OH is 1. The van der Waals surface area contributed by atoms with Crippen molar-refractivity contribution in [2.75, 3.05) is 0 Å². The van der Waals surface area contributed by atoms with Gasteiger partial charge in [-0.1, -0.05) is 59.3 Å². The number of hydrogen-bond donors (Lipinski definition) is 1. The fourth-order valence-corrected chi connectivity index (χ4v) is 2.11. The second-order valence-corrected chi connectivity index (χ2v) is 5.22. The highest BCUT2D eigenvalue weighted by atomic mass is 16.3. The van der Waals surface area contributed by atoms with Gasteiger partial charge in [-0.2, -0.15) is 0 Å². The second kappa shape index (κ2) is 10.8. The smallest absolute Gasteiger partial charge is 0.138 e. The van der Waals surface area contributed by atoms with Crippen molar-refractivity contribution in [1.82, 2.24) is 0 Å². The molecule has 0 rings (SSSR count). The van der Waals surface area contributed by atoms with Crippen LogP contribution < -0.4 is 0 Å². The van der Waals surface area contributed by atoms with E-state index in [0.29, 0.717) is 6.42 Å². The third-order valence-electron chi connectivity index (χ3n) is 3.35. The van der Waals surface area contributed by atoms with E-state index in [4.69, 9.17) is 0 Å². The maximum atomic E-state index is 11.7. The van der Waals surface area contributed by atoms with Gasteiger partial charge in [0.25, 0.3) is 0 Å². The Balaban J connectivity index is 3.56. The van der Waals surface area contributed by atoms with Crippen LogP contribution in [0.1, 0.15) is 78.6 Å². The molecule has 0 aromatic heterocycles. The highest BCUT2D eigenvalue weighted by molar-refractivity contribution is 5.81. The maximum absolute atomic E-state index is 11.7. The molecule has 1 unspecified atom stereocenters. The molecule has 0 saturated heterocycles. The molecule has 0 aliphatic carbocycles. The minimum atomic E-state index is -0.413. The van der Waals surface area contributed by atoms with Crippen LogP contribution in [0.25, 0.3) is 0 Å². The van der Waals surface area contributed by atoms with Crippen molar-refractivity contribution < 1.29 is 9.90 Å². The third kappa shape index (κ3) is 9.34. The zero-order valence-electron chi connectivity index (χ0n) is 11.9. The topological polar surface area (TPSA) is 37.3 Å². The molecule has 17 heavy (non-hydrogen) atoms. The van der Waals surface area contributed by atoms with Crippen molar-refractivity contribution in [3.63, 3.8) is 0 Å². The average Bonchev–Trinajstić information content (AvgIpc) is 2.29. The highest BCUT2D eigenvalue weighted by Gasteiger charge is 2.16. The SMILES string of the molecule is CCCCCCC[C@@H](O)CC(=O)C(C)CCC. The summed E-state index contributed by atoms with van der Waals surface area (Å²) in [4.78, 5) is 11.7. The first-order chi connectivity index (χ1) is 8.11. The molecule has 0 saturated carbocycles. The fraction of sp³-hybridized carbons (Fsp3) is 0.933. The number of hydrogen-bond acceptors (Lipinski definition) is 2. The van der Waals surface area contributed by atoms with Crippen LogP contribution in [0.5, 0.6) is 0 Å². The van der Waals surface area contributed by atoms with E-state index in [1.165, 1.54) is 25.7 Å². The number of aliphatic hydroxyl groups is 1. The van der Waals surface area contributed by atoms with Crippen LogP contribution in [-0.2, 0) is 4.79 Å². The molecule has 0 aliphatic rings. The third-order valence-corrected chi connectivity index (χ3v) is 3.35. The average molecular weight is 242 g/mol. The first kappa shape index (κ1) is 16.6. The van der Waals surface area contributed by atoms with E-state index < -0.39 is 6.10 Å². The molecule has 0 aromatic rings. The molecular weight excluding hydrogens is 212 g/mol. The Hall–Kier alpha value is -0.370. The molecule has 0 spiro atoms. The molecule has 0 radical (unpaired) electrons. The van der Waals surface area contributed by atoms with E-state index in [1.54, 1.807) is 0 Å². The summed E-state index contributed by atoms with van der Waals surface area (Å²) >= 11 is 0.